The van der Waals surface area contributed by atoms with E-state index in [1.54, 1.807) is 6.33 Å². The molecule has 0 fully saturated rings. The summed E-state index contributed by atoms with van der Waals surface area (Å²) in [7, 11) is 0. The summed E-state index contributed by atoms with van der Waals surface area (Å²) in [6.45, 7) is 0. The van der Waals surface area contributed by atoms with E-state index in [-0.39, 0.29) is 0 Å². The smallest absolute Gasteiger partial charge is 0.221 e. The van der Waals surface area contributed by atoms with Crippen molar-refractivity contribution in [1.29, 1.82) is 0 Å². The number of aromatic nitrogens is 5. The van der Waals surface area contributed by atoms with Crippen LogP contribution in [0.2, 0.25) is 0 Å². The number of hydrogen-bond acceptors (Lipinski definition) is 4. The first-order valence-corrected chi connectivity index (χ1v) is 12.1. The van der Waals surface area contributed by atoms with Gasteiger partial charge in [0.05, 0.1) is 16.6 Å². The normalized spacial score (nSPS) is 11.8. The monoisotopic (exact) mass is 477 g/mol. The van der Waals surface area contributed by atoms with Crippen LogP contribution in [0.4, 0.5) is 0 Å². The lowest BCUT2D eigenvalue weighted by molar-refractivity contribution is 0.463. The average molecular weight is 478 g/mol. The van der Waals surface area contributed by atoms with Crippen LogP contribution in [0.1, 0.15) is 0 Å². The summed E-state index contributed by atoms with van der Waals surface area (Å²) in [4.78, 5) is 9.43. The Hall–Kier alpha value is -5.23. The number of rotatable bonds is 3. The second kappa shape index (κ2) is 7.63. The summed E-state index contributed by atoms with van der Waals surface area (Å²) in [6, 6.07) is 37.0. The Morgan fingerprint density at radius 3 is 2.00 bits per heavy atom. The predicted octanol–water partition coefficient (Wildman–Crippen LogP) is 7.32. The molecule has 4 aromatic carbocycles. The molecular weight excluding hydrogens is 458 g/mol. The van der Waals surface area contributed by atoms with Gasteiger partial charge in [-0.25, -0.2) is 9.50 Å². The van der Waals surface area contributed by atoms with E-state index in [0.717, 1.165) is 44.2 Å². The zero-order chi connectivity index (χ0) is 24.3. The Labute approximate surface area is 211 Å². The van der Waals surface area contributed by atoms with Crippen molar-refractivity contribution in [2.75, 3.05) is 0 Å². The largest absolute Gasteiger partial charge is 0.439 e. The predicted molar refractivity (Wildman–Crippen MR) is 147 cm³/mol. The maximum atomic E-state index is 6.30. The summed E-state index contributed by atoms with van der Waals surface area (Å²) < 4.78 is 10.4. The fourth-order valence-electron chi connectivity index (χ4n) is 5.37. The summed E-state index contributed by atoms with van der Waals surface area (Å²) in [6.07, 6.45) is 1.59. The molecule has 0 atom stereocenters. The van der Waals surface area contributed by atoms with Gasteiger partial charge >= 0.3 is 0 Å². The minimum atomic E-state index is 0.525. The van der Waals surface area contributed by atoms with E-state index in [9.17, 15) is 0 Å². The first-order chi connectivity index (χ1) is 18.3. The van der Waals surface area contributed by atoms with Gasteiger partial charge in [-0.2, -0.15) is 10.1 Å². The number of ether oxygens (including phenoxy) is 1. The third-order valence-electron chi connectivity index (χ3n) is 6.94. The highest BCUT2D eigenvalue weighted by Crippen LogP contribution is 2.34. The molecule has 0 aliphatic heterocycles. The van der Waals surface area contributed by atoms with Crippen LogP contribution in [0.25, 0.3) is 54.9 Å². The molecule has 6 heteroatoms. The maximum absolute atomic E-state index is 6.30. The minimum absolute atomic E-state index is 0.525. The molecule has 0 bridgehead atoms. The number of benzene rings is 4. The second-order valence-corrected chi connectivity index (χ2v) is 9.03. The third-order valence-corrected chi connectivity index (χ3v) is 6.94. The molecule has 0 amide bonds. The molecule has 37 heavy (non-hydrogen) atoms. The van der Waals surface area contributed by atoms with E-state index in [0.29, 0.717) is 11.6 Å². The molecule has 4 aromatic heterocycles. The van der Waals surface area contributed by atoms with Crippen LogP contribution >= 0.6 is 0 Å². The molecule has 8 aromatic rings. The van der Waals surface area contributed by atoms with Crippen molar-refractivity contribution in [3.8, 4) is 17.4 Å². The van der Waals surface area contributed by atoms with Crippen LogP contribution in [-0.4, -0.2) is 24.1 Å². The standard InChI is InChI=1S/C31H19N5O/c1-4-11-26-23(9-1)24-10-2-5-12-27(24)35(26)29-14-7-15-30(34-29)37-20-16-17-21-22-8-3-6-13-28(22)36-31(25(21)18-20)32-19-33-36/h1-19H. The molecule has 0 spiro atoms. The third kappa shape index (κ3) is 2.96. The van der Waals surface area contributed by atoms with Crippen molar-refractivity contribution in [2.24, 2.45) is 0 Å². The summed E-state index contributed by atoms with van der Waals surface area (Å²) in [5.74, 6) is 2.03. The molecule has 0 aliphatic carbocycles. The SMILES string of the molecule is c1cc(Oc2ccc3c4ccccc4n4ncnc4c3c2)nc(-n2c3ccccc3c3ccccc32)c1. The van der Waals surface area contributed by atoms with Crippen LogP contribution in [0.3, 0.4) is 0 Å². The van der Waals surface area contributed by atoms with Crippen molar-refractivity contribution in [1.82, 2.24) is 24.1 Å². The van der Waals surface area contributed by atoms with Crippen LogP contribution in [-0.2, 0) is 0 Å². The van der Waals surface area contributed by atoms with Crippen LogP contribution in [0, 0.1) is 0 Å². The highest BCUT2D eigenvalue weighted by atomic mass is 16.5. The van der Waals surface area contributed by atoms with Crippen molar-refractivity contribution >= 4 is 49.1 Å². The summed E-state index contributed by atoms with van der Waals surface area (Å²) in [5, 5.41) is 10.1. The molecular formula is C31H19N5O. The molecule has 6 nitrogen and oxygen atoms in total. The molecule has 0 saturated heterocycles. The molecule has 0 saturated carbocycles. The fourth-order valence-corrected chi connectivity index (χ4v) is 5.37. The lowest BCUT2D eigenvalue weighted by Gasteiger charge is -2.11. The Morgan fingerprint density at radius 1 is 0.568 bits per heavy atom. The first-order valence-electron chi connectivity index (χ1n) is 12.1. The average Bonchev–Trinajstić information content (AvgIpc) is 3.57. The lowest BCUT2D eigenvalue weighted by Crippen LogP contribution is -1.99. The van der Waals surface area contributed by atoms with Gasteiger partial charge in [0, 0.05) is 27.6 Å². The molecule has 0 radical (unpaired) electrons. The van der Waals surface area contributed by atoms with Crippen LogP contribution in [0.15, 0.2) is 116 Å². The Kier molecular flexibility index (Phi) is 4.13. The van der Waals surface area contributed by atoms with Crippen molar-refractivity contribution in [3.63, 3.8) is 0 Å². The number of hydrogen-bond donors (Lipinski definition) is 0. The Bertz CT molecular complexity index is 2090. The van der Waals surface area contributed by atoms with Gasteiger partial charge in [-0.3, -0.25) is 4.57 Å². The van der Waals surface area contributed by atoms with E-state index in [4.69, 9.17) is 9.72 Å². The number of nitrogens with zero attached hydrogens (tertiary/aromatic N) is 5. The van der Waals surface area contributed by atoms with E-state index in [1.165, 1.54) is 10.8 Å². The minimum Gasteiger partial charge on any atom is -0.439 e. The topological polar surface area (TPSA) is 57.2 Å². The van der Waals surface area contributed by atoms with Gasteiger partial charge in [-0.15, -0.1) is 0 Å². The van der Waals surface area contributed by atoms with Gasteiger partial charge in [0.15, 0.2) is 5.65 Å². The highest BCUT2D eigenvalue weighted by Gasteiger charge is 2.14. The lowest BCUT2D eigenvalue weighted by atomic mass is 10.1. The number of pyridine rings is 2. The Morgan fingerprint density at radius 2 is 1.24 bits per heavy atom. The zero-order valence-corrected chi connectivity index (χ0v) is 19.6. The van der Waals surface area contributed by atoms with Gasteiger partial charge in [-0.05, 0) is 47.9 Å². The van der Waals surface area contributed by atoms with E-state index >= 15 is 0 Å². The van der Waals surface area contributed by atoms with Gasteiger partial charge in [0.25, 0.3) is 0 Å². The molecule has 8 rings (SSSR count). The first kappa shape index (κ1) is 20.0. The molecule has 0 N–H and O–H groups in total. The van der Waals surface area contributed by atoms with Crippen LogP contribution < -0.4 is 4.74 Å². The second-order valence-electron chi connectivity index (χ2n) is 9.03. The van der Waals surface area contributed by atoms with Crippen molar-refractivity contribution in [2.45, 2.75) is 0 Å². The maximum Gasteiger partial charge on any atom is 0.221 e. The van der Waals surface area contributed by atoms with Gasteiger partial charge < -0.3 is 4.74 Å². The molecule has 0 unspecified atom stereocenters. The van der Waals surface area contributed by atoms with Gasteiger partial charge in [0.2, 0.25) is 5.88 Å². The zero-order valence-electron chi connectivity index (χ0n) is 19.6. The number of para-hydroxylation sites is 3. The van der Waals surface area contributed by atoms with Gasteiger partial charge in [0.1, 0.15) is 17.9 Å². The van der Waals surface area contributed by atoms with E-state index in [2.05, 4.69) is 81.4 Å². The molecule has 174 valence electrons. The Balaban J connectivity index is 1.26. The van der Waals surface area contributed by atoms with Crippen molar-refractivity contribution < 1.29 is 4.74 Å². The highest BCUT2D eigenvalue weighted by molar-refractivity contribution is 6.12. The summed E-state index contributed by atoms with van der Waals surface area (Å²) in [5.41, 5.74) is 4.04. The quantitative estimate of drug-likeness (QED) is 0.250. The summed E-state index contributed by atoms with van der Waals surface area (Å²) >= 11 is 0. The van der Waals surface area contributed by atoms with E-state index in [1.807, 2.05) is 47.0 Å². The van der Waals surface area contributed by atoms with Crippen LogP contribution in [0.5, 0.6) is 11.6 Å². The van der Waals surface area contributed by atoms with Gasteiger partial charge in [-0.1, -0.05) is 60.7 Å². The van der Waals surface area contributed by atoms with E-state index < -0.39 is 0 Å². The molecule has 4 heterocycles. The number of fused-ring (bicyclic) bond motifs is 9. The fraction of sp³-hybridized carbons (Fsp3) is 0. The molecule has 0 aliphatic rings. The van der Waals surface area contributed by atoms with Crippen molar-refractivity contribution in [3.05, 3.63) is 116 Å².